The van der Waals surface area contributed by atoms with E-state index in [4.69, 9.17) is 4.74 Å². The first kappa shape index (κ1) is 18.0. The van der Waals surface area contributed by atoms with Crippen LogP contribution in [0.25, 0.3) is 0 Å². The van der Waals surface area contributed by atoms with Crippen molar-refractivity contribution in [2.24, 2.45) is 0 Å². The second-order valence-electron chi connectivity index (χ2n) is 5.85. The lowest BCUT2D eigenvalue weighted by molar-refractivity contribution is 0.0941. The lowest BCUT2D eigenvalue weighted by Gasteiger charge is -2.17. The summed E-state index contributed by atoms with van der Waals surface area (Å²) in [6.07, 6.45) is 0. The van der Waals surface area contributed by atoms with Gasteiger partial charge in [0, 0.05) is 6.54 Å². The number of nitrogens with zero attached hydrogens (tertiary/aromatic N) is 2. The van der Waals surface area contributed by atoms with Crippen LogP contribution in [0.15, 0.2) is 29.1 Å². The molecule has 0 aliphatic carbocycles. The number of amides is 1. The topological polar surface area (TPSA) is 105 Å². The average Bonchev–Trinajstić information content (AvgIpc) is 2.86. The van der Waals surface area contributed by atoms with Gasteiger partial charge < -0.3 is 20.5 Å². The Kier molecular flexibility index (Phi) is 5.29. The molecule has 9 heteroatoms. The number of hydrogen-bond donors (Lipinski definition) is 3. The molecule has 1 amide bonds. The predicted molar refractivity (Wildman–Crippen MR) is 90.4 cm³/mol. The van der Waals surface area contributed by atoms with Gasteiger partial charge in [-0.25, -0.2) is 9.37 Å². The Hall–Kier alpha value is -2.78. The lowest BCUT2D eigenvalue weighted by Crippen LogP contribution is -2.34. The molecule has 0 saturated carbocycles. The molecule has 1 aromatic carbocycles. The van der Waals surface area contributed by atoms with Crippen molar-refractivity contribution in [1.29, 1.82) is 0 Å². The molecule has 0 bridgehead atoms. The van der Waals surface area contributed by atoms with Gasteiger partial charge in [-0.3, -0.25) is 14.2 Å². The molecule has 0 saturated heterocycles. The molecule has 0 spiro atoms. The first-order chi connectivity index (χ1) is 12.5. The van der Waals surface area contributed by atoms with Crippen molar-refractivity contribution < 1.29 is 19.0 Å². The van der Waals surface area contributed by atoms with Crippen LogP contribution in [0.1, 0.15) is 27.9 Å². The van der Waals surface area contributed by atoms with Crippen LogP contribution in [-0.2, 0) is 17.8 Å². The van der Waals surface area contributed by atoms with E-state index in [1.807, 2.05) is 0 Å². The van der Waals surface area contributed by atoms with Crippen LogP contribution >= 0.6 is 0 Å². The van der Waals surface area contributed by atoms with E-state index in [-0.39, 0.29) is 30.6 Å². The molecule has 3 rings (SSSR count). The van der Waals surface area contributed by atoms with Gasteiger partial charge in [-0.1, -0.05) is 12.1 Å². The van der Waals surface area contributed by atoms with Crippen molar-refractivity contribution in [3.8, 4) is 5.75 Å². The Morgan fingerprint density at radius 3 is 2.85 bits per heavy atom. The van der Waals surface area contributed by atoms with Crippen molar-refractivity contribution in [2.75, 3.05) is 20.3 Å². The van der Waals surface area contributed by atoms with E-state index in [1.54, 1.807) is 7.05 Å². The number of aromatic nitrogens is 2. The number of aromatic hydroxyl groups is 1. The van der Waals surface area contributed by atoms with E-state index in [2.05, 4.69) is 15.6 Å². The Balaban J connectivity index is 1.88. The van der Waals surface area contributed by atoms with E-state index in [0.717, 1.165) is 0 Å². The highest BCUT2D eigenvalue weighted by Gasteiger charge is 2.26. The molecule has 1 aliphatic heterocycles. The van der Waals surface area contributed by atoms with Gasteiger partial charge in [-0.05, 0) is 24.7 Å². The molecule has 138 valence electrons. The molecule has 8 nitrogen and oxygen atoms in total. The quantitative estimate of drug-likeness (QED) is 0.723. The maximum atomic E-state index is 12.9. The van der Waals surface area contributed by atoms with E-state index >= 15 is 0 Å². The lowest BCUT2D eigenvalue weighted by atomic mass is 10.2. The van der Waals surface area contributed by atoms with Gasteiger partial charge in [-0.15, -0.1) is 0 Å². The summed E-state index contributed by atoms with van der Waals surface area (Å²) in [4.78, 5) is 29.1. The fraction of sp³-hybridized carbons (Fsp3) is 0.353. The third kappa shape index (κ3) is 3.58. The summed E-state index contributed by atoms with van der Waals surface area (Å²) in [5.74, 6) is -1.44. The monoisotopic (exact) mass is 362 g/mol. The summed E-state index contributed by atoms with van der Waals surface area (Å²) in [5, 5.41) is 15.7. The van der Waals surface area contributed by atoms with Crippen LogP contribution in [0.5, 0.6) is 5.75 Å². The predicted octanol–water partition coefficient (Wildman–Crippen LogP) is 0.309. The van der Waals surface area contributed by atoms with E-state index in [9.17, 15) is 19.1 Å². The Bertz CT molecular complexity index is 866. The second-order valence-corrected chi connectivity index (χ2v) is 5.85. The summed E-state index contributed by atoms with van der Waals surface area (Å²) >= 11 is 0. The third-order valence-electron chi connectivity index (χ3n) is 4.16. The molecule has 0 unspecified atom stereocenters. The first-order valence-electron chi connectivity index (χ1n) is 8.12. The van der Waals surface area contributed by atoms with Crippen molar-refractivity contribution >= 4 is 5.91 Å². The number of hydrogen-bond acceptors (Lipinski definition) is 6. The fourth-order valence-electron chi connectivity index (χ4n) is 2.71. The SMILES string of the molecule is CN[C@@H]1COCCn2c1nc(C(=O)NCc1ccc(F)cc1)c(O)c2=O. The minimum atomic E-state index is -0.706. The van der Waals surface area contributed by atoms with Crippen LogP contribution in [0.2, 0.25) is 0 Å². The van der Waals surface area contributed by atoms with Crippen LogP contribution in [-0.4, -0.2) is 40.8 Å². The van der Waals surface area contributed by atoms with Gasteiger partial charge in [0.05, 0.1) is 25.8 Å². The zero-order chi connectivity index (χ0) is 18.7. The standard InChI is InChI=1S/C17H19FN4O4/c1-19-12-9-26-7-6-22-15(12)21-13(14(23)17(22)25)16(24)20-8-10-2-4-11(18)5-3-10/h2-5,12,19,23H,6-9H2,1H3,(H,20,24)/t12-/m1/s1. The molecule has 0 radical (unpaired) electrons. The molecule has 1 atom stereocenters. The van der Waals surface area contributed by atoms with Gasteiger partial charge in [0.1, 0.15) is 11.6 Å². The highest BCUT2D eigenvalue weighted by Crippen LogP contribution is 2.18. The van der Waals surface area contributed by atoms with Crippen molar-refractivity contribution in [3.63, 3.8) is 0 Å². The normalized spacial score (nSPS) is 16.6. The van der Waals surface area contributed by atoms with Crippen molar-refractivity contribution in [2.45, 2.75) is 19.1 Å². The Labute approximate surface area is 148 Å². The maximum Gasteiger partial charge on any atom is 0.296 e. The highest BCUT2D eigenvalue weighted by molar-refractivity contribution is 5.94. The minimum absolute atomic E-state index is 0.108. The number of ether oxygens (including phenoxy) is 1. The van der Waals surface area contributed by atoms with Crippen LogP contribution in [0, 0.1) is 5.82 Å². The number of benzene rings is 1. The molecule has 1 aliphatic rings. The Morgan fingerprint density at radius 2 is 2.15 bits per heavy atom. The summed E-state index contributed by atoms with van der Waals surface area (Å²) in [6.45, 7) is 0.953. The van der Waals surface area contributed by atoms with Crippen LogP contribution in [0.3, 0.4) is 0 Å². The summed E-state index contributed by atoms with van der Waals surface area (Å²) in [5.41, 5.74) is -0.356. The van der Waals surface area contributed by atoms with E-state index in [0.29, 0.717) is 24.6 Å². The zero-order valence-corrected chi connectivity index (χ0v) is 14.2. The molecular formula is C17H19FN4O4. The van der Waals surface area contributed by atoms with Gasteiger partial charge in [0.25, 0.3) is 11.5 Å². The summed E-state index contributed by atoms with van der Waals surface area (Å²) in [6, 6.07) is 5.24. The minimum Gasteiger partial charge on any atom is -0.501 e. The first-order valence-corrected chi connectivity index (χ1v) is 8.12. The molecule has 2 heterocycles. The van der Waals surface area contributed by atoms with Gasteiger partial charge in [0.2, 0.25) is 5.75 Å². The fourth-order valence-corrected chi connectivity index (χ4v) is 2.71. The number of nitrogens with one attached hydrogen (secondary N) is 2. The molecule has 2 aromatic rings. The number of carbonyl (C=O) groups is 1. The van der Waals surface area contributed by atoms with Crippen LogP contribution < -0.4 is 16.2 Å². The van der Waals surface area contributed by atoms with Gasteiger partial charge in [0.15, 0.2) is 5.69 Å². The molecular weight excluding hydrogens is 343 g/mol. The largest absolute Gasteiger partial charge is 0.501 e. The highest BCUT2D eigenvalue weighted by atomic mass is 19.1. The second kappa shape index (κ2) is 7.63. The zero-order valence-electron chi connectivity index (χ0n) is 14.2. The van der Waals surface area contributed by atoms with E-state index in [1.165, 1.54) is 28.8 Å². The molecule has 3 N–H and O–H groups in total. The van der Waals surface area contributed by atoms with Crippen LogP contribution in [0.4, 0.5) is 4.39 Å². The molecule has 1 aromatic heterocycles. The van der Waals surface area contributed by atoms with Gasteiger partial charge >= 0.3 is 0 Å². The van der Waals surface area contributed by atoms with Gasteiger partial charge in [-0.2, -0.15) is 0 Å². The number of halogens is 1. The molecule has 0 fully saturated rings. The smallest absolute Gasteiger partial charge is 0.296 e. The van der Waals surface area contributed by atoms with Crippen molar-refractivity contribution in [3.05, 3.63) is 57.5 Å². The number of rotatable bonds is 4. The number of carbonyl (C=O) groups excluding carboxylic acids is 1. The Morgan fingerprint density at radius 1 is 1.42 bits per heavy atom. The summed E-state index contributed by atoms with van der Waals surface area (Å²) in [7, 11) is 1.69. The van der Waals surface area contributed by atoms with Crippen molar-refractivity contribution in [1.82, 2.24) is 20.2 Å². The maximum absolute atomic E-state index is 12.9. The molecule has 26 heavy (non-hydrogen) atoms. The third-order valence-corrected chi connectivity index (χ3v) is 4.16. The average molecular weight is 362 g/mol. The van der Waals surface area contributed by atoms with E-state index < -0.39 is 17.2 Å². The summed E-state index contributed by atoms with van der Waals surface area (Å²) < 4.78 is 19.6. The number of fused-ring (bicyclic) bond motifs is 1. The number of likely N-dealkylation sites (N-methyl/N-ethyl adjacent to an activating group) is 1.